The van der Waals surface area contributed by atoms with E-state index in [0.717, 1.165) is 18.8 Å². The van der Waals surface area contributed by atoms with E-state index in [1.54, 1.807) is 6.92 Å². The summed E-state index contributed by atoms with van der Waals surface area (Å²) in [5.74, 6) is 0.480. The molecule has 0 aliphatic carbocycles. The van der Waals surface area contributed by atoms with Crippen molar-refractivity contribution in [1.29, 1.82) is 0 Å². The number of rotatable bonds is 3. The Hall–Kier alpha value is -2.37. The van der Waals surface area contributed by atoms with Gasteiger partial charge in [-0.05, 0) is 44.0 Å². The molecular formula is C14H17N5O. The fourth-order valence-corrected chi connectivity index (χ4v) is 2.36. The smallest absolute Gasteiger partial charge is 0.295 e. The maximum Gasteiger partial charge on any atom is 0.295 e. The highest BCUT2D eigenvalue weighted by Crippen LogP contribution is 2.22. The topological polar surface area (TPSA) is 73.9 Å². The van der Waals surface area contributed by atoms with Gasteiger partial charge in [-0.2, -0.15) is 0 Å². The zero-order chi connectivity index (χ0) is 13.9. The number of carbonyl (C=O) groups excluding carboxylic acids is 1. The molecule has 3 rings (SSSR count). The molecule has 1 saturated heterocycles. The minimum Gasteiger partial charge on any atom is -0.372 e. The van der Waals surface area contributed by atoms with Crippen LogP contribution in [-0.4, -0.2) is 34.2 Å². The first-order chi connectivity index (χ1) is 9.72. The fourth-order valence-electron chi connectivity index (χ4n) is 2.36. The van der Waals surface area contributed by atoms with Crippen LogP contribution >= 0.6 is 0 Å². The lowest BCUT2D eigenvalue weighted by Crippen LogP contribution is -2.17. The predicted octanol–water partition coefficient (Wildman–Crippen LogP) is 1.97. The lowest BCUT2D eigenvalue weighted by atomic mass is 10.2. The average molecular weight is 271 g/mol. The number of H-pyrrole nitrogens is 1. The van der Waals surface area contributed by atoms with Crippen LogP contribution in [0.25, 0.3) is 0 Å². The second kappa shape index (κ2) is 5.32. The third-order valence-corrected chi connectivity index (χ3v) is 3.40. The minimum absolute atomic E-state index is 0.158. The van der Waals surface area contributed by atoms with Gasteiger partial charge in [-0.25, -0.2) is 4.98 Å². The molecule has 1 fully saturated rings. The van der Waals surface area contributed by atoms with Gasteiger partial charge in [0.15, 0.2) is 0 Å². The lowest BCUT2D eigenvalue weighted by Gasteiger charge is -2.17. The van der Waals surface area contributed by atoms with Crippen molar-refractivity contribution >= 4 is 17.3 Å². The van der Waals surface area contributed by atoms with Crippen LogP contribution in [-0.2, 0) is 0 Å². The standard InChI is InChI=1S/C14H17N5O/c1-10-15-13(18-17-10)14(20)16-11-4-6-12(7-5-11)19-8-2-3-9-19/h4-7H,2-3,8-9H2,1H3,(H,16,20)(H,15,17,18). The average Bonchev–Trinajstić information content (AvgIpc) is 3.10. The van der Waals surface area contributed by atoms with Crippen molar-refractivity contribution in [2.24, 2.45) is 0 Å². The van der Waals surface area contributed by atoms with Crippen molar-refractivity contribution in [2.45, 2.75) is 19.8 Å². The zero-order valence-electron chi connectivity index (χ0n) is 11.4. The number of aromatic nitrogens is 3. The van der Waals surface area contributed by atoms with Gasteiger partial charge >= 0.3 is 0 Å². The summed E-state index contributed by atoms with van der Waals surface area (Å²) in [7, 11) is 0. The molecule has 6 nitrogen and oxygen atoms in total. The number of benzene rings is 1. The molecule has 1 aromatic heterocycles. The number of amides is 1. The third-order valence-electron chi connectivity index (χ3n) is 3.40. The van der Waals surface area contributed by atoms with E-state index in [1.165, 1.54) is 18.5 Å². The summed E-state index contributed by atoms with van der Waals surface area (Å²) in [6.07, 6.45) is 2.51. The van der Waals surface area contributed by atoms with Crippen LogP contribution in [0, 0.1) is 6.92 Å². The van der Waals surface area contributed by atoms with E-state index >= 15 is 0 Å². The Morgan fingerprint density at radius 2 is 1.95 bits per heavy atom. The summed E-state index contributed by atoms with van der Waals surface area (Å²) in [6, 6.07) is 7.88. The second-order valence-electron chi connectivity index (χ2n) is 4.94. The summed E-state index contributed by atoms with van der Waals surface area (Å²) in [5, 5.41) is 9.28. The maximum atomic E-state index is 11.9. The summed E-state index contributed by atoms with van der Waals surface area (Å²) in [6.45, 7) is 3.99. The summed E-state index contributed by atoms with van der Waals surface area (Å²) in [5.41, 5.74) is 1.95. The van der Waals surface area contributed by atoms with Gasteiger partial charge < -0.3 is 10.2 Å². The molecule has 0 atom stereocenters. The van der Waals surface area contributed by atoms with Crippen LogP contribution in [0.3, 0.4) is 0 Å². The van der Waals surface area contributed by atoms with Gasteiger partial charge in [0, 0.05) is 24.5 Å². The molecule has 104 valence electrons. The monoisotopic (exact) mass is 271 g/mol. The Balaban J connectivity index is 1.67. The zero-order valence-corrected chi connectivity index (χ0v) is 11.4. The van der Waals surface area contributed by atoms with E-state index in [4.69, 9.17) is 0 Å². The Bertz CT molecular complexity index is 598. The van der Waals surface area contributed by atoms with Crippen LogP contribution in [0.2, 0.25) is 0 Å². The molecule has 0 radical (unpaired) electrons. The molecule has 1 amide bonds. The van der Waals surface area contributed by atoms with E-state index in [1.807, 2.05) is 24.3 Å². The number of hydrogen-bond donors (Lipinski definition) is 2. The van der Waals surface area contributed by atoms with Gasteiger partial charge in [0.2, 0.25) is 5.82 Å². The Labute approximate surface area is 117 Å². The van der Waals surface area contributed by atoms with Crippen molar-refractivity contribution in [3.05, 3.63) is 35.9 Å². The van der Waals surface area contributed by atoms with Crippen LogP contribution in [0.15, 0.2) is 24.3 Å². The number of hydrogen-bond acceptors (Lipinski definition) is 4. The SMILES string of the molecule is Cc1nc(C(=O)Nc2ccc(N3CCCC3)cc2)n[nH]1. The molecule has 1 aromatic carbocycles. The summed E-state index contributed by atoms with van der Waals surface area (Å²) >= 11 is 0. The van der Waals surface area contributed by atoms with Gasteiger partial charge in [0.25, 0.3) is 5.91 Å². The van der Waals surface area contributed by atoms with E-state index in [-0.39, 0.29) is 11.7 Å². The Kier molecular flexibility index (Phi) is 3.37. The number of anilines is 2. The molecule has 6 heteroatoms. The Morgan fingerprint density at radius 1 is 1.25 bits per heavy atom. The molecule has 0 bridgehead atoms. The van der Waals surface area contributed by atoms with Crippen LogP contribution in [0.5, 0.6) is 0 Å². The number of aryl methyl sites for hydroxylation is 1. The first-order valence-corrected chi connectivity index (χ1v) is 6.78. The van der Waals surface area contributed by atoms with Crippen LogP contribution in [0.4, 0.5) is 11.4 Å². The first kappa shape index (κ1) is 12.7. The molecule has 1 aliphatic rings. The number of carbonyl (C=O) groups is 1. The highest BCUT2D eigenvalue weighted by molar-refractivity contribution is 6.01. The molecule has 0 unspecified atom stereocenters. The maximum absolute atomic E-state index is 11.9. The highest BCUT2D eigenvalue weighted by atomic mass is 16.2. The normalized spacial score (nSPS) is 14.6. The summed E-state index contributed by atoms with van der Waals surface area (Å²) < 4.78 is 0. The summed E-state index contributed by atoms with van der Waals surface area (Å²) in [4.78, 5) is 18.3. The van der Waals surface area contributed by atoms with Crippen LogP contribution < -0.4 is 10.2 Å². The van der Waals surface area contributed by atoms with E-state index < -0.39 is 0 Å². The number of nitrogens with zero attached hydrogens (tertiary/aromatic N) is 3. The van der Waals surface area contributed by atoms with Gasteiger partial charge in [-0.15, -0.1) is 5.10 Å². The van der Waals surface area contributed by atoms with Gasteiger partial charge in [0.05, 0.1) is 0 Å². The van der Waals surface area contributed by atoms with Crippen molar-refractivity contribution in [3.63, 3.8) is 0 Å². The minimum atomic E-state index is -0.303. The van der Waals surface area contributed by atoms with Crippen molar-refractivity contribution in [1.82, 2.24) is 15.2 Å². The number of aromatic amines is 1. The van der Waals surface area contributed by atoms with E-state index in [0.29, 0.717) is 5.82 Å². The van der Waals surface area contributed by atoms with E-state index in [2.05, 4.69) is 25.4 Å². The van der Waals surface area contributed by atoms with Crippen molar-refractivity contribution in [2.75, 3.05) is 23.3 Å². The predicted molar refractivity (Wildman–Crippen MR) is 77.0 cm³/mol. The first-order valence-electron chi connectivity index (χ1n) is 6.78. The molecule has 0 saturated carbocycles. The molecule has 2 heterocycles. The Morgan fingerprint density at radius 3 is 2.55 bits per heavy atom. The van der Waals surface area contributed by atoms with Gasteiger partial charge in [-0.1, -0.05) is 0 Å². The largest absolute Gasteiger partial charge is 0.372 e. The quantitative estimate of drug-likeness (QED) is 0.895. The molecule has 2 N–H and O–H groups in total. The fraction of sp³-hybridized carbons (Fsp3) is 0.357. The molecule has 0 spiro atoms. The molecular weight excluding hydrogens is 254 g/mol. The third kappa shape index (κ3) is 2.64. The second-order valence-corrected chi connectivity index (χ2v) is 4.94. The molecule has 20 heavy (non-hydrogen) atoms. The number of nitrogens with one attached hydrogen (secondary N) is 2. The van der Waals surface area contributed by atoms with Crippen LogP contribution in [0.1, 0.15) is 29.3 Å². The van der Waals surface area contributed by atoms with Gasteiger partial charge in [0.1, 0.15) is 5.82 Å². The molecule has 1 aliphatic heterocycles. The van der Waals surface area contributed by atoms with Crippen molar-refractivity contribution in [3.8, 4) is 0 Å². The van der Waals surface area contributed by atoms with Gasteiger partial charge in [-0.3, -0.25) is 9.89 Å². The lowest BCUT2D eigenvalue weighted by molar-refractivity contribution is 0.101. The molecule has 2 aromatic rings. The van der Waals surface area contributed by atoms with Crippen molar-refractivity contribution < 1.29 is 4.79 Å². The highest BCUT2D eigenvalue weighted by Gasteiger charge is 2.13. The van der Waals surface area contributed by atoms with E-state index in [9.17, 15) is 4.79 Å².